The Morgan fingerprint density at radius 1 is 0.500 bits per heavy atom. The van der Waals surface area contributed by atoms with Crippen molar-refractivity contribution in [1.82, 2.24) is 0 Å². The quantitative estimate of drug-likeness (QED) is 0.0908. The van der Waals surface area contributed by atoms with Crippen LogP contribution in [0.1, 0.15) is 65.2 Å². The Hall–Kier alpha value is -3.06. The van der Waals surface area contributed by atoms with E-state index in [-0.39, 0.29) is 0 Å². The van der Waals surface area contributed by atoms with E-state index in [0.29, 0.717) is 0 Å². The van der Waals surface area contributed by atoms with E-state index in [0.717, 1.165) is 58.4 Å². The van der Waals surface area contributed by atoms with E-state index in [2.05, 4.69) is 132 Å². The summed E-state index contributed by atoms with van der Waals surface area (Å²) in [4.78, 5) is 6.14. The van der Waals surface area contributed by atoms with Crippen molar-refractivity contribution in [1.29, 1.82) is 0 Å². The molecule has 0 N–H and O–H groups in total. The largest absolute Gasteiger partial charge is 0.494 e. The molecule has 3 aromatic carbocycles. The molecule has 230 valence electrons. The smallest absolute Gasteiger partial charge is 0.119 e. The zero-order valence-electron chi connectivity index (χ0n) is 25.8. The summed E-state index contributed by atoms with van der Waals surface area (Å²) in [5, 5.41) is 0. The molecule has 5 rings (SSSR count). The van der Waals surface area contributed by atoms with Gasteiger partial charge in [-0.15, -0.1) is 22.7 Å². The number of hydrogen-bond donors (Lipinski definition) is 0. The lowest BCUT2D eigenvalue weighted by molar-refractivity contribution is 0.305. The standard InChI is InChI=1S/C38H42BrNO2S2/c1-3-5-7-9-27-41-33-19-15-31(16-20-33)40(32-17-21-34(22-18-32)42-28-10-8-6-4-2)30-13-11-29(12-14-30)35-23-24-36(43-35)37-25-26-38(39)44-37/h11-26H,3-10,27-28H2,1-2H3. The van der Waals surface area contributed by atoms with Crippen molar-refractivity contribution in [3.8, 4) is 31.7 Å². The lowest BCUT2D eigenvalue weighted by atomic mass is 10.1. The molecular weight excluding hydrogens is 646 g/mol. The van der Waals surface area contributed by atoms with Gasteiger partial charge in [-0.2, -0.15) is 0 Å². The van der Waals surface area contributed by atoms with E-state index < -0.39 is 0 Å². The Bertz CT molecular complexity index is 1480. The van der Waals surface area contributed by atoms with Gasteiger partial charge in [0.15, 0.2) is 0 Å². The Labute approximate surface area is 279 Å². The van der Waals surface area contributed by atoms with Gasteiger partial charge in [-0.1, -0.05) is 64.5 Å². The molecule has 6 heteroatoms. The minimum atomic E-state index is 0.763. The van der Waals surface area contributed by atoms with Crippen LogP contribution in [0.2, 0.25) is 0 Å². The third-order valence-corrected chi connectivity index (χ3v) is 10.5. The highest BCUT2D eigenvalue weighted by molar-refractivity contribution is 9.11. The van der Waals surface area contributed by atoms with E-state index >= 15 is 0 Å². The van der Waals surface area contributed by atoms with Crippen molar-refractivity contribution >= 4 is 55.7 Å². The lowest BCUT2D eigenvalue weighted by Crippen LogP contribution is -2.10. The first-order valence-corrected chi connectivity index (χ1v) is 18.3. The number of ether oxygens (including phenoxy) is 2. The van der Waals surface area contributed by atoms with Gasteiger partial charge >= 0.3 is 0 Å². The summed E-state index contributed by atoms with van der Waals surface area (Å²) in [6, 6.07) is 34.6. The molecule has 0 spiro atoms. The Balaban J connectivity index is 1.34. The van der Waals surface area contributed by atoms with Crippen molar-refractivity contribution in [3.05, 3.63) is 101 Å². The maximum absolute atomic E-state index is 6.04. The number of hydrogen-bond acceptors (Lipinski definition) is 5. The lowest BCUT2D eigenvalue weighted by Gasteiger charge is -2.26. The van der Waals surface area contributed by atoms with Crippen molar-refractivity contribution < 1.29 is 9.47 Å². The summed E-state index contributed by atoms with van der Waals surface area (Å²) in [6.45, 7) is 5.99. The summed E-state index contributed by atoms with van der Waals surface area (Å²) in [5.41, 5.74) is 4.50. The van der Waals surface area contributed by atoms with E-state index in [1.54, 1.807) is 11.3 Å². The van der Waals surface area contributed by atoms with Crippen LogP contribution < -0.4 is 14.4 Å². The van der Waals surface area contributed by atoms with Crippen LogP contribution >= 0.6 is 38.6 Å². The molecule has 5 aromatic rings. The van der Waals surface area contributed by atoms with Crippen molar-refractivity contribution in [3.63, 3.8) is 0 Å². The molecule has 0 aliphatic heterocycles. The number of halogens is 1. The third-order valence-electron chi connectivity index (χ3n) is 7.56. The molecule has 0 radical (unpaired) electrons. The number of nitrogens with zero attached hydrogens (tertiary/aromatic N) is 1. The van der Waals surface area contributed by atoms with Crippen LogP contribution in [0.5, 0.6) is 11.5 Å². The maximum Gasteiger partial charge on any atom is 0.119 e. The number of rotatable bonds is 17. The summed E-state index contributed by atoms with van der Waals surface area (Å²) in [6.07, 6.45) is 9.62. The minimum absolute atomic E-state index is 0.763. The first-order chi connectivity index (χ1) is 21.6. The predicted octanol–water partition coefficient (Wildman–Crippen LogP) is 13.3. The van der Waals surface area contributed by atoms with Gasteiger partial charge in [-0.25, -0.2) is 0 Å². The van der Waals surface area contributed by atoms with Gasteiger partial charge in [-0.3, -0.25) is 0 Å². The number of benzene rings is 3. The highest BCUT2D eigenvalue weighted by Crippen LogP contribution is 2.41. The Morgan fingerprint density at radius 3 is 1.43 bits per heavy atom. The summed E-state index contributed by atoms with van der Waals surface area (Å²) in [5.74, 6) is 1.83. The zero-order chi connectivity index (χ0) is 30.6. The topological polar surface area (TPSA) is 21.7 Å². The van der Waals surface area contributed by atoms with Crippen LogP contribution in [0.15, 0.2) is 101 Å². The van der Waals surface area contributed by atoms with Gasteiger partial charge in [0.05, 0.1) is 17.0 Å². The number of anilines is 3. The van der Waals surface area contributed by atoms with E-state index in [1.807, 2.05) is 11.3 Å². The summed E-state index contributed by atoms with van der Waals surface area (Å²) >= 11 is 7.19. The molecule has 2 heterocycles. The summed E-state index contributed by atoms with van der Waals surface area (Å²) < 4.78 is 13.2. The molecule has 3 nitrogen and oxygen atoms in total. The van der Waals surface area contributed by atoms with Crippen LogP contribution in [0, 0.1) is 0 Å². The SMILES string of the molecule is CCCCCCOc1ccc(N(c2ccc(OCCCCCC)cc2)c2ccc(-c3ccc(-c4ccc(Br)s4)s3)cc2)cc1. The van der Waals surface area contributed by atoms with Crippen LogP contribution in [0.4, 0.5) is 17.1 Å². The Morgan fingerprint density at radius 2 is 0.955 bits per heavy atom. The van der Waals surface area contributed by atoms with Gasteiger partial charge < -0.3 is 14.4 Å². The molecule has 44 heavy (non-hydrogen) atoms. The number of unbranched alkanes of at least 4 members (excludes halogenated alkanes) is 6. The molecule has 0 fully saturated rings. The minimum Gasteiger partial charge on any atom is -0.494 e. The average molecular weight is 689 g/mol. The highest BCUT2D eigenvalue weighted by atomic mass is 79.9. The van der Waals surface area contributed by atoms with E-state index in [1.165, 1.54) is 58.7 Å². The normalized spacial score (nSPS) is 11.1. The van der Waals surface area contributed by atoms with Gasteiger partial charge in [0.25, 0.3) is 0 Å². The van der Waals surface area contributed by atoms with E-state index in [4.69, 9.17) is 9.47 Å². The fourth-order valence-corrected chi connectivity index (χ4v) is 7.60. The molecule has 0 bridgehead atoms. The molecule has 2 aromatic heterocycles. The molecule has 0 aliphatic carbocycles. The Kier molecular flexibility index (Phi) is 12.4. The summed E-state index contributed by atoms with van der Waals surface area (Å²) in [7, 11) is 0. The average Bonchev–Trinajstić information content (AvgIpc) is 3.72. The van der Waals surface area contributed by atoms with Gasteiger partial charge in [0.1, 0.15) is 11.5 Å². The predicted molar refractivity (Wildman–Crippen MR) is 195 cm³/mol. The van der Waals surface area contributed by atoms with Crippen LogP contribution in [0.25, 0.3) is 20.2 Å². The molecule has 0 saturated carbocycles. The molecule has 0 aliphatic rings. The molecule has 0 amide bonds. The van der Waals surface area contributed by atoms with Gasteiger partial charge in [-0.05, 0) is 119 Å². The number of thiophene rings is 2. The molecular formula is C38H42BrNO2S2. The van der Waals surface area contributed by atoms with Crippen LogP contribution in [-0.4, -0.2) is 13.2 Å². The van der Waals surface area contributed by atoms with Crippen molar-refractivity contribution in [2.75, 3.05) is 18.1 Å². The van der Waals surface area contributed by atoms with Crippen molar-refractivity contribution in [2.45, 2.75) is 65.2 Å². The van der Waals surface area contributed by atoms with Gasteiger partial charge in [0, 0.05) is 31.7 Å². The molecule has 0 unspecified atom stereocenters. The first kappa shape index (κ1) is 32.3. The fourth-order valence-electron chi connectivity index (χ4n) is 5.11. The van der Waals surface area contributed by atoms with Crippen LogP contribution in [0.3, 0.4) is 0 Å². The van der Waals surface area contributed by atoms with E-state index in [9.17, 15) is 0 Å². The van der Waals surface area contributed by atoms with Crippen molar-refractivity contribution in [2.24, 2.45) is 0 Å². The second kappa shape index (κ2) is 16.9. The fraction of sp³-hybridized carbons (Fsp3) is 0.316. The second-order valence-electron chi connectivity index (χ2n) is 11.0. The highest BCUT2D eigenvalue weighted by Gasteiger charge is 2.14. The molecule has 0 saturated heterocycles. The maximum atomic E-state index is 6.04. The monoisotopic (exact) mass is 687 g/mol. The zero-order valence-corrected chi connectivity index (χ0v) is 29.0. The van der Waals surface area contributed by atoms with Crippen LogP contribution in [-0.2, 0) is 0 Å². The molecule has 0 atom stereocenters. The third kappa shape index (κ3) is 8.99. The second-order valence-corrected chi connectivity index (χ2v) is 14.5. The first-order valence-electron chi connectivity index (χ1n) is 15.9. The van der Waals surface area contributed by atoms with Gasteiger partial charge in [0.2, 0.25) is 0 Å².